The van der Waals surface area contributed by atoms with Crippen LogP contribution in [0.5, 0.6) is 0 Å². The molecule has 1 aromatic heterocycles. The molecule has 4 rings (SSSR count). The number of likely N-dealkylation sites (N-methyl/N-ethyl adjacent to an activating group) is 1. The lowest BCUT2D eigenvalue weighted by Crippen LogP contribution is -2.32. The predicted molar refractivity (Wildman–Crippen MR) is 110 cm³/mol. The van der Waals surface area contributed by atoms with Crippen LogP contribution in [0.4, 0.5) is 0 Å². The Bertz CT molecular complexity index is 1090. The molecule has 5 heteroatoms. The molecule has 0 bridgehead atoms. The third-order valence-corrected chi connectivity index (χ3v) is 5.00. The molecular formula is C23H21N3O2. The van der Waals surface area contributed by atoms with E-state index in [9.17, 15) is 9.59 Å². The molecule has 2 amide bonds. The summed E-state index contributed by atoms with van der Waals surface area (Å²) < 4.78 is 0. The van der Waals surface area contributed by atoms with E-state index in [4.69, 9.17) is 0 Å². The van der Waals surface area contributed by atoms with Crippen molar-refractivity contribution in [3.8, 4) is 11.3 Å². The predicted octanol–water partition coefficient (Wildman–Crippen LogP) is 3.55. The Morgan fingerprint density at radius 3 is 2.79 bits per heavy atom. The fourth-order valence-corrected chi connectivity index (χ4v) is 3.59. The van der Waals surface area contributed by atoms with Crippen LogP contribution in [-0.2, 0) is 11.3 Å². The zero-order valence-electron chi connectivity index (χ0n) is 15.7. The van der Waals surface area contributed by atoms with Crippen molar-refractivity contribution in [2.45, 2.75) is 13.5 Å². The van der Waals surface area contributed by atoms with Crippen molar-refractivity contribution < 1.29 is 9.59 Å². The zero-order valence-corrected chi connectivity index (χ0v) is 15.7. The van der Waals surface area contributed by atoms with Gasteiger partial charge in [0.25, 0.3) is 5.91 Å². The SMILES string of the molecule is C=C(CN1Cc2c(ccc3ccc(-c4ccccn4)cc23)C1=O)C(=O)NCC. The summed E-state index contributed by atoms with van der Waals surface area (Å²) >= 11 is 0. The van der Waals surface area contributed by atoms with Crippen molar-refractivity contribution in [3.05, 3.63) is 78.0 Å². The highest BCUT2D eigenvalue weighted by Gasteiger charge is 2.29. The van der Waals surface area contributed by atoms with Crippen molar-refractivity contribution in [2.75, 3.05) is 13.1 Å². The molecule has 140 valence electrons. The average Bonchev–Trinajstić information content (AvgIpc) is 3.04. The molecule has 5 nitrogen and oxygen atoms in total. The molecule has 0 radical (unpaired) electrons. The lowest BCUT2D eigenvalue weighted by Gasteiger charge is -2.16. The summed E-state index contributed by atoms with van der Waals surface area (Å²) in [5.41, 5.74) is 3.98. The Labute approximate surface area is 163 Å². The summed E-state index contributed by atoms with van der Waals surface area (Å²) in [4.78, 5) is 30.9. The smallest absolute Gasteiger partial charge is 0.254 e. The van der Waals surface area contributed by atoms with Gasteiger partial charge in [0.1, 0.15) is 0 Å². The van der Waals surface area contributed by atoms with E-state index in [1.54, 1.807) is 11.1 Å². The third kappa shape index (κ3) is 3.16. The van der Waals surface area contributed by atoms with Crippen molar-refractivity contribution in [1.29, 1.82) is 0 Å². The van der Waals surface area contributed by atoms with E-state index in [1.165, 1.54) is 0 Å². The maximum atomic E-state index is 12.9. The lowest BCUT2D eigenvalue weighted by atomic mass is 9.98. The highest BCUT2D eigenvalue weighted by atomic mass is 16.2. The largest absolute Gasteiger partial charge is 0.353 e. The van der Waals surface area contributed by atoms with Crippen LogP contribution in [0.3, 0.4) is 0 Å². The molecule has 0 unspecified atom stereocenters. The number of nitrogens with one attached hydrogen (secondary N) is 1. The second-order valence-electron chi connectivity index (χ2n) is 6.87. The molecule has 1 aliphatic heterocycles. The van der Waals surface area contributed by atoms with E-state index in [-0.39, 0.29) is 18.4 Å². The number of hydrogen-bond donors (Lipinski definition) is 1. The van der Waals surface area contributed by atoms with Gasteiger partial charge in [-0.1, -0.05) is 30.8 Å². The highest BCUT2D eigenvalue weighted by Crippen LogP contribution is 2.33. The fourth-order valence-electron chi connectivity index (χ4n) is 3.59. The topological polar surface area (TPSA) is 62.3 Å². The van der Waals surface area contributed by atoms with Gasteiger partial charge in [0, 0.05) is 36.0 Å². The van der Waals surface area contributed by atoms with Gasteiger partial charge in [-0.3, -0.25) is 14.6 Å². The Kier molecular flexibility index (Phi) is 4.65. The molecule has 0 aliphatic carbocycles. The monoisotopic (exact) mass is 371 g/mol. The van der Waals surface area contributed by atoms with Crippen LogP contribution in [0.15, 0.2) is 66.9 Å². The number of fused-ring (bicyclic) bond motifs is 3. The first-order valence-corrected chi connectivity index (χ1v) is 9.30. The Morgan fingerprint density at radius 2 is 2.04 bits per heavy atom. The Hall–Kier alpha value is -3.47. The first kappa shape index (κ1) is 17.9. The average molecular weight is 371 g/mol. The van der Waals surface area contributed by atoms with E-state index in [1.807, 2.05) is 43.3 Å². The van der Waals surface area contributed by atoms with Crippen LogP contribution in [0.2, 0.25) is 0 Å². The van der Waals surface area contributed by atoms with Crippen molar-refractivity contribution in [2.24, 2.45) is 0 Å². The second kappa shape index (κ2) is 7.27. The van der Waals surface area contributed by atoms with E-state index in [0.717, 1.165) is 27.6 Å². The molecule has 0 saturated carbocycles. The Balaban J connectivity index is 1.68. The number of carbonyl (C=O) groups excluding carboxylic acids is 2. The fraction of sp³-hybridized carbons (Fsp3) is 0.174. The first-order chi connectivity index (χ1) is 13.6. The van der Waals surface area contributed by atoms with E-state index in [2.05, 4.69) is 29.0 Å². The Morgan fingerprint density at radius 1 is 1.21 bits per heavy atom. The number of aromatic nitrogens is 1. The zero-order chi connectivity index (χ0) is 19.7. The molecule has 0 saturated heterocycles. The van der Waals surface area contributed by atoms with Crippen LogP contribution in [0, 0.1) is 0 Å². The van der Waals surface area contributed by atoms with Crippen LogP contribution >= 0.6 is 0 Å². The minimum atomic E-state index is -0.214. The van der Waals surface area contributed by atoms with Crippen LogP contribution < -0.4 is 5.32 Å². The van der Waals surface area contributed by atoms with Gasteiger partial charge in [0.05, 0.1) is 12.2 Å². The number of rotatable bonds is 5. The minimum absolute atomic E-state index is 0.0643. The number of pyridine rings is 1. The summed E-state index contributed by atoms with van der Waals surface area (Å²) in [6, 6.07) is 15.8. The van der Waals surface area contributed by atoms with Gasteiger partial charge in [-0.2, -0.15) is 0 Å². The van der Waals surface area contributed by atoms with E-state index in [0.29, 0.717) is 24.2 Å². The summed E-state index contributed by atoms with van der Waals surface area (Å²) in [5, 5.41) is 4.85. The molecule has 3 aromatic rings. The maximum absolute atomic E-state index is 12.9. The van der Waals surface area contributed by atoms with Gasteiger partial charge >= 0.3 is 0 Å². The molecule has 28 heavy (non-hydrogen) atoms. The summed E-state index contributed by atoms with van der Waals surface area (Å²) in [6.45, 7) is 6.92. The normalized spacial score (nSPS) is 12.9. The minimum Gasteiger partial charge on any atom is -0.353 e. The highest BCUT2D eigenvalue weighted by molar-refractivity contribution is 6.05. The number of nitrogens with zero attached hydrogens (tertiary/aromatic N) is 2. The third-order valence-electron chi connectivity index (χ3n) is 5.00. The molecule has 0 spiro atoms. The summed E-state index contributed by atoms with van der Waals surface area (Å²) in [6.07, 6.45) is 1.77. The van der Waals surface area contributed by atoms with Gasteiger partial charge in [0.15, 0.2) is 0 Å². The standard InChI is InChI=1S/C23H21N3O2/c1-3-24-22(27)15(2)13-26-14-20-18(23(26)28)10-9-16-7-8-17(12-19(16)20)21-6-4-5-11-25-21/h4-12H,2-3,13-14H2,1H3,(H,24,27). The number of hydrogen-bond acceptors (Lipinski definition) is 3. The molecule has 1 N–H and O–H groups in total. The van der Waals surface area contributed by atoms with Crippen LogP contribution in [0.25, 0.3) is 22.0 Å². The van der Waals surface area contributed by atoms with Gasteiger partial charge in [0.2, 0.25) is 5.91 Å². The first-order valence-electron chi connectivity index (χ1n) is 9.30. The molecule has 0 atom stereocenters. The van der Waals surface area contributed by atoms with E-state index >= 15 is 0 Å². The molecule has 0 fully saturated rings. The van der Waals surface area contributed by atoms with Gasteiger partial charge in [-0.05, 0) is 47.5 Å². The van der Waals surface area contributed by atoms with Gasteiger partial charge in [-0.25, -0.2) is 0 Å². The van der Waals surface area contributed by atoms with Gasteiger partial charge in [-0.15, -0.1) is 0 Å². The summed E-state index contributed by atoms with van der Waals surface area (Å²) in [7, 11) is 0. The van der Waals surface area contributed by atoms with E-state index < -0.39 is 0 Å². The van der Waals surface area contributed by atoms with Gasteiger partial charge < -0.3 is 10.2 Å². The van der Waals surface area contributed by atoms with Crippen LogP contribution in [-0.4, -0.2) is 34.8 Å². The molecule has 1 aliphatic rings. The number of benzene rings is 2. The molecular weight excluding hydrogens is 350 g/mol. The number of amides is 2. The lowest BCUT2D eigenvalue weighted by molar-refractivity contribution is -0.117. The van der Waals surface area contributed by atoms with Crippen LogP contribution in [0.1, 0.15) is 22.8 Å². The maximum Gasteiger partial charge on any atom is 0.254 e. The van der Waals surface area contributed by atoms with Crippen molar-refractivity contribution in [1.82, 2.24) is 15.2 Å². The van der Waals surface area contributed by atoms with Crippen molar-refractivity contribution in [3.63, 3.8) is 0 Å². The second-order valence-corrected chi connectivity index (χ2v) is 6.87. The van der Waals surface area contributed by atoms with Crippen molar-refractivity contribution >= 4 is 22.6 Å². The quantitative estimate of drug-likeness (QED) is 0.698. The number of carbonyl (C=O) groups is 2. The summed E-state index contributed by atoms with van der Waals surface area (Å²) in [5.74, 6) is -0.279. The molecule has 2 aromatic carbocycles. The molecule has 2 heterocycles.